The van der Waals surface area contributed by atoms with Gasteiger partial charge in [-0.25, -0.2) is 13.2 Å². The fourth-order valence-corrected chi connectivity index (χ4v) is 5.18. The maximum atomic E-state index is 12.9. The van der Waals surface area contributed by atoms with Crippen LogP contribution in [0, 0.1) is 5.92 Å². The summed E-state index contributed by atoms with van der Waals surface area (Å²) in [6.07, 6.45) is -4.38. The van der Waals surface area contributed by atoms with Crippen molar-refractivity contribution in [3.05, 3.63) is 28.2 Å². The molecule has 0 bridgehead atoms. The highest BCUT2D eigenvalue weighted by molar-refractivity contribution is 9.10. The first-order chi connectivity index (χ1) is 11.6. The molecule has 0 aromatic heterocycles. The van der Waals surface area contributed by atoms with Gasteiger partial charge in [0.25, 0.3) is 0 Å². The molecule has 0 unspecified atom stereocenters. The molecule has 0 spiro atoms. The molecule has 0 aliphatic carbocycles. The SMILES string of the molecule is CCOC(=O)c1ccc(S(=O)(=O)N2CCC[C@H](C(F)(F)F)C2)c(Br)c1. The number of piperidine rings is 1. The molecule has 10 heteroatoms. The van der Waals surface area contributed by atoms with Crippen LogP contribution in [0.3, 0.4) is 0 Å². The molecule has 1 atom stereocenters. The molecule has 0 saturated carbocycles. The molecule has 1 aromatic rings. The van der Waals surface area contributed by atoms with Gasteiger partial charge in [0.1, 0.15) is 0 Å². The fourth-order valence-electron chi connectivity index (χ4n) is 2.62. The predicted octanol–water partition coefficient (Wildman–Crippen LogP) is 3.59. The average Bonchev–Trinajstić information content (AvgIpc) is 2.54. The zero-order valence-electron chi connectivity index (χ0n) is 13.3. The first-order valence-corrected chi connectivity index (χ1v) is 9.84. The van der Waals surface area contributed by atoms with E-state index in [0.29, 0.717) is 0 Å². The first kappa shape index (κ1) is 20.2. The zero-order chi connectivity index (χ0) is 18.8. The smallest absolute Gasteiger partial charge is 0.393 e. The van der Waals surface area contributed by atoms with Crippen LogP contribution in [0.4, 0.5) is 13.2 Å². The number of carbonyl (C=O) groups excluding carboxylic acids is 1. The van der Waals surface area contributed by atoms with Crippen LogP contribution in [0.5, 0.6) is 0 Å². The van der Waals surface area contributed by atoms with Crippen molar-refractivity contribution in [3.8, 4) is 0 Å². The van der Waals surface area contributed by atoms with Gasteiger partial charge >= 0.3 is 12.1 Å². The molecule has 2 rings (SSSR count). The molecular formula is C15H17BrF3NO4S. The average molecular weight is 444 g/mol. The summed E-state index contributed by atoms with van der Waals surface area (Å²) in [6, 6.07) is 3.76. The van der Waals surface area contributed by atoms with Crippen LogP contribution < -0.4 is 0 Å². The molecule has 0 radical (unpaired) electrons. The molecule has 0 N–H and O–H groups in total. The minimum absolute atomic E-state index is 0.0288. The number of alkyl halides is 3. The van der Waals surface area contributed by atoms with Crippen LogP contribution >= 0.6 is 15.9 Å². The molecule has 5 nitrogen and oxygen atoms in total. The maximum Gasteiger partial charge on any atom is 0.393 e. The van der Waals surface area contributed by atoms with Crippen LogP contribution in [0.1, 0.15) is 30.1 Å². The van der Waals surface area contributed by atoms with Crippen molar-refractivity contribution in [1.29, 1.82) is 0 Å². The number of nitrogens with zero attached hydrogens (tertiary/aromatic N) is 1. The van der Waals surface area contributed by atoms with Crippen molar-refractivity contribution < 1.29 is 31.1 Å². The van der Waals surface area contributed by atoms with Crippen LogP contribution in [0.25, 0.3) is 0 Å². The van der Waals surface area contributed by atoms with Gasteiger partial charge in [-0.1, -0.05) is 0 Å². The van der Waals surface area contributed by atoms with Gasteiger partial charge in [0.05, 0.1) is 23.0 Å². The van der Waals surface area contributed by atoms with Crippen LogP contribution in [0.2, 0.25) is 0 Å². The van der Waals surface area contributed by atoms with E-state index in [-0.39, 0.29) is 40.9 Å². The predicted molar refractivity (Wildman–Crippen MR) is 87.6 cm³/mol. The Kier molecular flexibility index (Phi) is 6.16. The first-order valence-electron chi connectivity index (χ1n) is 7.61. The number of carbonyl (C=O) groups is 1. The molecule has 1 aliphatic rings. The molecule has 25 heavy (non-hydrogen) atoms. The summed E-state index contributed by atoms with van der Waals surface area (Å²) in [6.45, 7) is 1.24. The van der Waals surface area contributed by atoms with Gasteiger partial charge in [-0.2, -0.15) is 17.5 Å². The monoisotopic (exact) mass is 443 g/mol. The zero-order valence-corrected chi connectivity index (χ0v) is 15.7. The lowest BCUT2D eigenvalue weighted by Gasteiger charge is -2.33. The summed E-state index contributed by atoms with van der Waals surface area (Å²) in [4.78, 5) is 11.5. The highest BCUT2D eigenvalue weighted by Gasteiger charge is 2.44. The second kappa shape index (κ2) is 7.63. The standard InChI is InChI=1S/C15H17BrF3NO4S/c1-2-24-14(21)10-5-6-13(12(16)8-10)25(22,23)20-7-3-4-11(9-20)15(17,18)19/h5-6,8,11H,2-4,7,9H2,1H3/t11-/m0/s1. The largest absolute Gasteiger partial charge is 0.462 e. The number of benzene rings is 1. The third kappa shape index (κ3) is 4.53. The number of hydrogen-bond acceptors (Lipinski definition) is 4. The minimum atomic E-state index is -4.43. The number of sulfonamides is 1. The Balaban J connectivity index is 2.29. The summed E-state index contributed by atoms with van der Waals surface area (Å²) >= 11 is 3.09. The van der Waals surface area contributed by atoms with E-state index in [1.54, 1.807) is 6.92 Å². The van der Waals surface area contributed by atoms with Gasteiger partial charge in [-0.15, -0.1) is 0 Å². The summed E-state index contributed by atoms with van der Waals surface area (Å²) in [5.74, 6) is -2.28. The van der Waals surface area contributed by atoms with E-state index >= 15 is 0 Å². The Morgan fingerprint density at radius 1 is 1.40 bits per heavy atom. The number of hydrogen-bond donors (Lipinski definition) is 0. The fraction of sp³-hybridized carbons (Fsp3) is 0.533. The Morgan fingerprint density at radius 2 is 2.08 bits per heavy atom. The van der Waals surface area contributed by atoms with E-state index in [4.69, 9.17) is 4.74 Å². The number of rotatable bonds is 4. The van der Waals surface area contributed by atoms with Crippen LogP contribution in [-0.2, 0) is 14.8 Å². The van der Waals surface area contributed by atoms with E-state index < -0.39 is 34.6 Å². The van der Waals surface area contributed by atoms with Crippen molar-refractivity contribution in [3.63, 3.8) is 0 Å². The highest BCUT2D eigenvalue weighted by Crippen LogP contribution is 2.36. The Labute approximate surface area is 152 Å². The van der Waals surface area contributed by atoms with Crippen LogP contribution in [-0.4, -0.2) is 44.6 Å². The number of ether oxygens (including phenoxy) is 1. The van der Waals surface area contributed by atoms with Gasteiger partial charge in [0, 0.05) is 17.6 Å². The van der Waals surface area contributed by atoms with E-state index in [9.17, 15) is 26.4 Å². The quantitative estimate of drug-likeness (QED) is 0.667. The number of halogens is 4. The van der Waals surface area contributed by atoms with E-state index in [1.807, 2.05) is 0 Å². The van der Waals surface area contributed by atoms with E-state index in [0.717, 1.165) is 4.31 Å². The van der Waals surface area contributed by atoms with Gasteiger partial charge in [-0.3, -0.25) is 0 Å². The highest BCUT2D eigenvalue weighted by atomic mass is 79.9. The van der Waals surface area contributed by atoms with Crippen LogP contribution in [0.15, 0.2) is 27.6 Å². The second-order valence-electron chi connectivity index (χ2n) is 5.61. The Hall–Kier alpha value is -1.13. The van der Waals surface area contributed by atoms with Crippen molar-refractivity contribution in [2.45, 2.75) is 30.8 Å². The molecule has 1 heterocycles. The third-order valence-electron chi connectivity index (χ3n) is 3.91. The Morgan fingerprint density at radius 3 is 2.64 bits per heavy atom. The molecule has 1 aliphatic heterocycles. The summed E-state index contributed by atoms with van der Waals surface area (Å²) in [5, 5.41) is 0. The van der Waals surface area contributed by atoms with E-state index in [2.05, 4.69) is 15.9 Å². The summed E-state index contributed by atoms with van der Waals surface area (Å²) < 4.78 is 69.9. The normalized spacial score (nSPS) is 19.6. The summed E-state index contributed by atoms with van der Waals surface area (Å²) in [7, 11) is -4.11. The molecule has 1 saturated heterocycles. The lowest BCUT2D eigenvalue weighted by Crippen LogP contribution is -2.44. The van der Waals surface area contributed by atoms with Gasteiger partial charge in [0.2, 0.25) is 10.0 Å². The van der Waals surface area contributed by atoms with E-state index in [1.165, 1.54) is 18.2 Å². The topological polar surface area (TPSA) is 63.7 Å². The van der Waals surface area contributed by atoms with Gasteiger partial charge in [0.15, 0.2) is 0 Å². The van der Waals surface area contributed by atoms with Crippen molar-refractivity contribution in [2.24, 2.45) is 5.92 Å². The lowest BCUT2D eigenvalue weighted by atomic mass is 9.99. The van der Waals surface area contributed by atoms with Gasteiger partial charge in [-0.05, 0) is 53.9 Å². The lowest BCUT2D eigenvalue weighted by molar-refractivity contribution is -0.182. The van der Waals surface area contributed by atoms with Crippen molar-refractivity contribution in [2.75, 3.05) is 19.7 Å². The molecule has 140 valence electrons. The summed E-state index contributed by atoms with van der Waals surface area (Å²) in [5.41, 5.74) is 0.152. The minimum Gasteiger partial charge on any atom is -0.462 e. The third-order valence-corrected chi connectivity index (χ3v) is 6.75. The Bertz CT molecular complexity index is 752. The molecule has 0 amide bonds. The molecule has 1 fully saturated rings. The maximum absolute atomic E-state index is 12.9. The van der Waals surface area contributed by atoms with Crippen molar-refractivity contribution in [1.82, 2.24) is 4.31 Å². The molecular weight excluding hydrogens is 427 g/mol. The van der Waals surface area contributed by atoms with Crippen molar-refractivity contribution >= 4 is 31.9 Å². The van der Waals surface area contributed by atoms with Gasteiger partial charge < -0.3 is 4.74 Å². The number of esters is 1. The molecule has 1 aromatic carbocycles. The second-order valence-corrected chi connectivity index (χ2v) is 8.37.